The number of amides is 1. The molecule has 0 aliphatic carbocycles. The Kier molecular flexibility index (Phi) is 4.20. The van der Waals surface area contributed by atoms with Gasteiger partial charge in [0.15, 0.2) is 0 Å². The van der Waals surface area contributed by atoms with Crippen LogP contribution in [0.15, 0.2) is 54.7 Å². The largest absolute Gasteiger partial charge is 0.370 e. The summed E-state index contributed by atoms with van der Waals surface area (Å²) in [7, 11) is 0. The van der Waals surface area contributed by atoms with Gasteiger partial charge in [-0.2, -0.15) is 0 Å². The van der Waals surface area contributed by atoms with E-state index in [9.17, 15) is 4.79 Å². The van der Waals surface area contributed by atoms with Crippen molar-refractivity contribution in [3.8, 4) is 11.1 Å². The predicted molar refractivity (Wildman–Crippen MR) is 105 cm³/mol. The third-order valence-electron chi connectivity index (χ3n) is 5.78. The lowest BCUT2D eigenvalue weighted by Gasteiger charge is -2.41. The Morgan fingerprint density at radius 2 is 2.07 bits per heavy atom. The van der Waals surface area contributed by atoms with E-state index in [2.05, 4.69) is 35.4 Å². The summed E-state index contributed by atoms with van der Waals surface area (Å²) in [5.41, 5.74) is 5.11. The highest BCUT2D eigenvalue weighted by Gasteiger charge is 2.38. The summed E-state index contributed by atoms with van der Waals surface area (Å²) >= 11 is 0. The van der Waals surface area contributed by atoms with Crippen LogP contribution in [0.5, 0.6) is 0 Å². The molecule has 2 aliphatic rings. The van der Waals surface area contributed by atoms with Crippen molar-refractivity contribution < 1.29 is 9.53 Å². The molecule has 28 heavy (non-hydrogen) atoms. The maximum absolute atomic E-state index is 13.2. The fourth-order valence-corrected chi connectivity index (χ4v) is 4.26. The fraction of sp³-hybridized carbons (Fsp3) is 0.318. The number of likely N-dealkylation sites (tertiary alicyclic amines) is 1. The third-order valence-corrected chi connectivity index (χ3v) is 5.78. The summed E-state index contributed by atoms with van der Waals surface area (Å²) in [5, 5.41) is 8.23. The van der Waals surface area contributed by atoms with Crippen molar-refractivity contribution >= 4 is 5.91 Å². The van der Waals surface area contributed by atoms with E-state index in [0.29, 0.717) is 19.7 Å². The van der Waals surface area contributed by atoms with Crippen LogP contribution in [0.4, 0.5) is 0 Å². The van der Waals surface area contributed by atoms with Crippen LogP contribution in [0, 0.1) is 6.92 Å². The number of ether oxygens (including phenoxy) is 1. The van der Waals surface area contributed by atoms with E-state index >= 15 is 0 Å². The van der Waals surface area contributed by atoms with Crippen molar-refractivity contribution in [2.24, 2.45) is 0 Å². The van der Waals surface area contributed by atoms with Gasteiger partial charge < -0.3 is 9.64 Å². The van der Waals surface area contributed by atoms with Crippen LogP contribution in [-0.4, -0.2) is 45.0 Å². The Morgan fingerprint density at radius 1 is 1.18 bits per heavy atom. The van der Waals surface area contributed by atoms with Gasteiger partial charge in [-0.05, 0) is 42.2 Å². The Hall–Kier alpha value is -2.99. The van der Waals surface area contributed by atoms with Gasteiger partial charge in [-0.3, -0.25) is 4.79 Å². The molecule has 1 saturated heterocycles. The van der Waals surface area contributed by atoms with Crippen LogP contribution in [0.1, 0.15) is 34.1 Å². The maximum atomic E-state index is 13.2. The molecule has 0 N–H and O–H groups in total. The second-order valence-electron chi connectivity index (χ2n) is 7.52. The minimum Gasteiger partial charge on any atom is -0.370 e. The SMILES string of the molecule is Cc1ccccc1-c1cccc(C(=O)N2CC[C@@H]3OCc4cnnn4[C@H]3C2)c1. The number of hydrogen-bond donors (Lipinski definition) is 0. The average molecular weight is 374 g/mol. The highest BCUT2D eigenvalue weighted by molar-refractivity contribution is 5.95. The smallest absolute Gasteiger partial charge is 0.253 e. The molecule has 0 bridgehead atoms. The zero-order valence-corrected chi connectivity index (χ0v) is 15.8. The number of rotatable bonds is 2. The number of aryl methyl sites for hydroxylation is 1. The Bertz CT molecular complexity index is 1030. The molecule has 1 aromatic heterocycles. The van der Waals surface area contributed by atoms with E-state index in [1.54, 1.807) is 6.20 Å². The van der Waals surface area contributed by atoms with Crippen LogP contribution in [-0.2, 0) is 11.3 Å². The maximum Gasteiger partial charge on any atom is 0.253 e. The average Bonchev–Trinajstić information content (AvgIpc) is 3.23. The van der Waals surface area contributed by atoms with Gasteiger partial charge in [0.05, 0.1) is 30.6 Å². The Balaban J connectivity index is 1.41. The van der Waals surface area contributed by atoms with Crippen molar-refractivity contribution in [2.45, 2.75) is 32.1 Å². The van der Waals surface area contributed by atoms with Gasteiger partial charge in [0.2, 0.25) is 0 Å². The summed E-state index contributed by atoms with van der Waals surface area (Å²) < 4.78 is 7.88. The van der Waals surface area contributed by atoms with Crippen LogP contribution < -0.4 is 0 Å². The van der Waals surface area contributed by atoms with Gasteiger partial charge in [0.25, 0.3) is 5.91 Å². The van der Waals surface area contributed by atoms with E-state index in [-0.39, 0.29) is 18.1 Å². The number of piperidine rings is 1. The molecular weight excluding hydrogens is 352 g/mol. The molecule has 5 rings (SSSR count). The second kappa shape index (κ2) is 6.87. The van der Waals surface area contributed by atoms with Crippen molar-refractivity contribution in [1.82, 2.24) is 19.9 Å². The first-order valence-electron chi connectivity index (χ1n) is 9.67. The summed E-state index contributed by atoms with van der Waals surface area (Å²) in [5.74, 6) is 0.0566. The van der Waals surface area contributed by atoms with E-state index in [1.165, 1.54) is 5.56 Å². The number of carbonyl (C=O) groups excluding carboxylic acids is 1. The van der Waals surface area contributed by atoms with Crippen molar-refractivity contribution in [1.29, 1.82) is 0 Å². The summed E-state index contributed by atoms with van der Waals surface area (Å²) in [4.78, 5) is 15.1. The Morgan fingerprint density at radius 3 is 2.96 bits per heavy atom. The van der Waals surface area contributed by atoms with E-state index in [1.807, 2.05) is 39.9 Å². The van der Waals surface area contributed by atoms with Gasteiger partial charge in [-0.25, -0.2) is 4.68 Å². The number of benzene rings is 2. The van der Waals surface area contributed by atoms with Crippen LogP contribution in [0.2, 0.25) is 0 Å². The quantitative estimate of drug-likeness (QED) is 0.691. The van der Waals surface area contributed by atoms with Crippen molar-refractivity contribution in [2.75, 3.05) is 13.1 Å². The molecule has 0 spiro atoms. The molecule has 0 saturated carbocycles. The summed E-state index contributed by atoms with van der Waals surface area (Å²) in [6.45, 7) is 3.92. The summed E-state index contributed by atoms with van der Waals surface area (Å²) in [6.07, 6.45) is 2.65. The lowest BCUT2D eigenvalue weighted by atomic mass is 9.97. The number of fused-ring (bicyclic) bond motifs is 3. The molecule has 2 aromatic carbocycles. The molecule has 0 unspecified atom stereocenters. The minimum atomic E-state index is 0.0310. The first-order chi connectivity index (χ1) is 13.7. The molecule has 6 nitrogen and oxygen atoms in total. The van der Waals surface area contributed by atoms with Crippen LogP contribution in [0.3, 0.4) is 0 Å². The molecule has 2 aliphatic heterocycles. The normalized spacial score (nSPS) is 21.1. The molecule has 1 fully saturated rings. The Labute approximate surface area is 163 Å². The van der Waals surface area contributed by atoms with E-state index < -0.39 is 0 Å². The molecule has 142 valence electrons. The number of hydrogen-bond acceptors (Lipinski definition) is 4. The topological polar surface area (TPSA) is 60.3 Å². The minimum absolute atomic E-state index is 0.0310. The standard InChI is InChI=1S/C22H22N4O2/c1-15-5-2-3-8-19(15)16-6-4-7-17(11-16)22(27)25-10-9-21-20(13-25)26-18(14-28-21)12-23-24-26/h2-8,11-12,20-21H,9-10,13-14H2,1H3/t20-,21-/m0/s1. The zero-order chi connectivity index (χ0) is 19.1. The predicted octanol–water partition coefficient (Wildman–Crippen LogP) is 3.24. The first-order valence-corrected chi connectivity index (χ1v) is 9.67. The highest BCUT2D eigenvalue weighted by atomic mass is 16.5. The molecule has 1 amide bonds. The second-order valence-corrected chi connectivity index (χ2v) is 7.52. The first kappa shape index (κ1) is 17.1. The van der Waals surface area contributed by atoms with E-state index in [0.717, 1.165) is 28.8 Å². The van der Waals surface area contributed by atoms with Gasteiger partial charge in [-0.1, -0.05) is 41.6 Å². The van der Waals surface area contributed by atoms with Gasteiger partial charge in [0, 0.05) is 18.7 Å². The fourth-order valence-electron chi connectivity index (χ4n) is 4.26. The van der Waals surface area contributed by atoms with Gasteiger partial charge in [-0.15, -0.1) is 5.10 Å². The van der Waals surface area contributed by atoms with E-state index in [4.69, 9.17) is 4.74 Å². The molecule has 6 heteroatoms. The zero-order valence-electron chi connectivity index (χ0n) is 15.8. The lowest BCUT2D eigenvalue weighted by Crippen LogP contribution is -2.49. The van der Waals surface area contributed by atoms with Crippen molar-refractivity contribution in [3.05, 3.63) is 71.5 Å². The van der Waals surface area contributed by atoms with Crippen LogP contribution >= 0.6 is 0 Å². The highest BCUT2D eigenvalue weighted by Crippen LogP contribution is 2.31. The monoisotopic (exact) mass is 374 g/mol. The lowest BCUT2D eigenvalue weighted by molar-refractivity contribution is -0.0605. The number of aromatic nitrogens is 3. The van der Waals surface area contributed by atoms with Crippen LogP contribution in [0.25, 0.3) is 11.1 Å². The van der Waals surface area contributed by atoms with Gasteiger partial charge >= 0.3 is 0 Å². The molecule has 3 aromatic rings. The van der Waals surface area contributed by atoms with Crippen molar-refractivity contribution in [3.63, 3.8) is 0 Å². The summed E-state index contributed by atoms with van der Waals surface area (Å²) in [6, 6.07) is 16.2. The number of nitrogens with zero attached hydrogens (tertiary/aromatic N) is 4. The van der Waals surface area contributed by atoms with Gasteiger partial charge in [0.1, 0.15) is 0 Å². The number of carbonyl (C=O) groups is 1. The molecular formula is C22H22N4O2. The molecule has 0 radical (unpaired) electrons. The molecule has 2 atom stereocenters. The molecule has 3 heterocycles. The third kappa shape index (κ3) is 2.90.